The summed E-state index contributed by atoms with van der Waals surface area (Å²) in [7, 11) is 1.89. The van der Waals surface area contributed by atoms with Crippen molar-refractivity contribution < 1.29 is 8.78 Å². The smallest absolute Gasteiger partial charge is 0.126 e. The van der Waals surface area contributed by atoms with Crippen LogP contribution in [0.5, 0.6) is 0 Å². The van der Waals surface area contributed by atoms with E-state index in [0.717, 1.165) is 24.5 Å². The van der Waals surface area contributed by atoms with Crippen molar-refractivity contribution in [2.24, 2.45) is 0 Å². The Kier molecular flexibility index (Phi) is 2.27. The Hall–Kier alpha value is -0.960. The maximum absolute atomic E-state index is 12.9. The molecule has 1 aliphatic rings. The first-order valence-corrected chi connectivity index (χ1v) is 4.77. The molecule has 0 unspecified atom stereocenters. The van der Waals surface area contributed by atoms with Crippen LogP contribution in [-0.2, 0) is 6.42 Å². The molecule has 0 saturated heterocycles. The van der Waals surface area contributed by atoms with Crippen molar-refractivity contribution in [2.75, 3.05) is 7.05 Å². The molecule has 14 heavy (non-hydrogen) atoms. The third-order valence-corrected chi connectivity index (χ3v) is 2.85. The minimum Gasteiger partial charge on any atom is -0.314 e. The van der Waals surface area contributed by atoms with E-state index < -0.39 is 11.6 Å². The number of benzene rings is 1. The van der Waals surface area contributed by atoms with Crippen LogP contribution in [0.1, 0.15) is 18.4 Å². The fraction of sp³-hybridized carbons (Fsp3) is 0.455. The van der Waals surface area contributed by atoms with E-state index in [9.17, 15) is 8.78 Å². The van der Waals surface area contributed by atoms with Crippen LogP contribution in [0.2, 0.25) is 0 Å². The summed E-state index contributed by atoms with van der Waals surface area (Å²) in [6.45, 7) is 0. The molecular weight excluding hydrogens is 184 g/mol. The monoisotopic (exact) mass is 197 g/mol. The summed E-state index contributed by atoms with van der Waals surface area (Å²) in [6, 6.07) is 3.71. The molecule has 3 heteroatoms. The van der Waals surface area contributed by atoms with Gasteiger partial charge in [-0.1, -0.05) is 0 Å². The van der Waals surface area contributed by atoms with Gasteiger partial charge in [-0.05, 0) is 44.0 Å². The van der Waals surface area contributed by atoms with E-state index in [1.54, 1.807) is 0 Å². The molecule has 1 N–H and O–H groups in total. The quantitative estimate of drug-likeness (QED) is 0.783. The average molecular weight is 197 g/mol. The molecule has 0 atom stereocenters. The lowest BCUT2D eigenvalue weighted by Gasteiger charge is -2.13. The molecule has 1 saturated carbocycles. The number of likely N-dealkylation sites (N-methyl/N-ethyl adjacent to an activating group) is 1. The summed E-state index contributed by atoms with van der Waals surface area (Å²) >= 11 is 0. The van der Waals surface area contributed by atoms with Gasteiger partial charge in [-0.3, -0.25) is 0 Å². The van der Waals surface area contributed by atoms with E-state index in [4.69, 9.17) is 0 Å². The van der Waals surface area contributed by atoms with Crippen molar-refractivity contribution in [1.29, 1.82) is 0 Å². The fourth-order valence-electron chi connectivity index (χ4n) is 1.77. The minimum atomic E-state index is -0.494. The topological polar surface area (TPSA) is 12.0 Å². The zero-order valence-electron chi connectivity index (χ0n) is 8.11. The van der Waals surface area contributed by atoms with Gasteiger partial charge in [0.05, 0.1) is 0 Å². The van der Waals surface area contributed by atoms with Gasteiger partial charge in [-0.2, -0.15) is 0 Å². The van der Waals surface area contributed by atoms with Gasteiger partial charge in [0.2, 0.25) is 0 Å². The van der Waals surface area contributed by atoms with Crippen LogP contribution >= 0.6 is 0 Å². The Morgan fingerprint density at radius 3 is 2.21 bits per heavy atom. The van der Waals surface area contributed by atoms with E-state index in [0.29, 0.717) is 6.42 Å². The summed E-state index contributed by atoms with van der Waals surface area (Å²) in [5.74, 6) is -0.987. The molecule has 0 radical (unpaired) electrons. The molecule has 0 amide bonds. The number of rotatable bonds is 3. The van der Waals surface area contributed by atoms with Gasteiger partial charge in [0.1, 0.15) is 11.6 Å². The van der Waals surface area contributed by atoms with Gasteiger partial charge in [0, 0.05) is 11.6 Å². The molecule has 0 aromatic heterocycles. The highest BCUT2D eigenvalue weighted by molar-refractivity contribution is 5.23. The zero-order chi connectivity index (χ0) is 10.2. The van der Waals surface area contributed by atoms with Crippen molar-refractivity contribution in [3.8, 4) is 0 Å². The van der Waals surface area contributed by atoms with E-state index in [1.807, 2.05) is 7.05 Å². The van der Waals surface area contributed by atoms with E-state index in [-0.39, 0.29) is 5.54 Å². The molecule has 76 valence electrons. The Morgan fingerprint density at radius 2 is 1.79 bits per heavy atom. The number of hydrogen-bond acceptors (Lipinski definition) is 1. The van der Waals surface area contributed by atoms with Crippen LogP contribution < -0.4 is 5.32 Å². The second-order valence-electron chi connectivity index (χ2n) is 3.98. The first-order chi connectivity index (χ1) is 6.63. The van der Waals surface area contributed by atoms with Crippen molar-refractivity contribution >= 4 is 0 Å². The number of nitrogens with one attached hydrogen (secondary N) is 1. The second-order valence-corrected chi connectivity index (χ2v) is 3.98. The molecular formula is C11H13F2N. The molecule has 1 aromatic carbocycles. The van der Waals surface area contributed by atoms with E-state index in [1.165, 1.54) is 12.1 Å². The summed E-state index contributed by atoms with van der Waals surface area (Å²) in [4.78, 5) is 0. The van der Waals surface area contributed by atoms with Gasteiger partial charge in [0.15, 0.2) is 0 Å². The zero-order valence-corrected chi connectivity index (χ0v) is 8.11. The largest absolute Gasteiger partial charge is 0.314 e. The maximum atomic E-state index is 12.9. The molecule has 1 aliphatic carbocycles. The lowest BCUT2D eigenvalue weighted by molar-refractivity contribution is 0.537. The Labute approximate surface area is 82.1 Å². The van der Waals surface area contributed by atoms with Crippen LogP contribution in [0.15, 0.2) is 18.2 Å². The molecule has 1 aromatic rings. The standard InChI is InChI=1S/C11H13F2N/c1-14-11(2-3-11)7-8-4-9(12)6-10(13)5-8/h4-6,14H,2-3,7H2,1H3. The van der Waals surface area contributed by atoms with Crippen molar-refractivity contribution in [2.45, 2.75) is 24.8 Å². The van der Waals surface area contributed by atoms with Gasteiger partial charge < -0.3 is 5.32 Å². The highest BCUT2D eigenvalue weighted by atomic mass is 19.1. The Morgan fingerprint density at radius 1 is 1.21 bits per heavy atom. The normalized spacial score (nSPS) is 18.2. The van der Waals surface area contributed by atoms with Crippen molar-refractivity contribution in [1.82, 2.24) is 5.32 Å². The van der Waals surface area contributed by atoms with Crippen LogP contribution in [-0.4, -0.2) is 12.6 Å². The number of halogens is 2. The third kappa shape index (κ3) is 1.93. The van der Waals surface area contributed by atoms with Crippen LogP contribution in [0.4, 0.5) is 8.78 Å². The minimum absolute atomic E-state index is 0.0975. The lowest BCUT2D eigenvalue weighted by atomic mass is 10.0. The number of hydrogen-bond donors (Lipinski definition) is 1. The summed E-state index contributed by atoms with van der Waals surface area (Å²) in [5.41, 5.74) is 0.828. The Bertz CT molecular complexity index is 325. The summed E-state index contributed by atoms with van der Waals surface area (Å²) in [5, 5.41) is 3.19. The average Bonchev–Trinajstić information content (AvgIpc) is 2.83. The van der Waals surface area contributed by atoms with Gasteiger partial charge in [-0.15, -0.1) is 0 Å². The lowest BCUT2D eigenvalue weighted by Crippen LogP contribution is -2.29. The molecule has 2 rings (SSSR count). The molecule has 1 nitrogen and oxygen atoms in total. The first kappa shape index (κ1) is 9.59. The van der Waals surface area contributed by atoms with E-state index in [2.05, 4.69) is 5.32 Å². The van der Waals surface area contributed by atoms with Crippen LogP contribution in [0, 0.1) is 11.6 Å². The summed E-state index contributed by atoms with van der Waals surface area (Å²) in [6.07, 6.45) is 2.88. The Balaban J connectivity index is 2.16. The van der Waals surface area contributed by atoms with Crippen LogP contribution in [0.25, 0.3) is 0 Å². The predicted molar refractivity (Wildman–Crippen MR) is 51.1 cm³/mol. The van der Waals surface area contributed by atoms with Gasteiger partial charge >= 0.3 is 0 Å². The van der Waals surface area contributed by atoms with E-state index >= 15 is 0 Å². The highest BCUT2D eigenvalue weighted by Gasteiger charge is 2.40. The fourth-order valence-corrected chi connectivity index (χ4v) is 1.77. The summed E-state index contributed by atoms with van der Waals surface area (Å²) < 4.78 is 25.7. The van der Waals surface area contributed by atoms with Gasteiger partial charge in [-0.25, -0.2) is 8.78 Å². The first-order valence-electron chi connectivity index (χ1n) is 4.77. The predicted octanol–water partition coefficient (Wildman–Crippen LogP) is 2.26. The highest BCUT2D eigenvalue weighted by Crippen LogP contribution is 2.38. The maximum Gasteiger partial charge on any atom is 0.126 e. The molecule has 0 spiro atoms. The van der Waals surface area contributed by atoms with Crippen molar-refractivity contribution in [3.63, 3.8) is 0 Å². The second kappa shape index (κ2) is 3.31. The van der Waals surface area contributed by atoms with Crippen molar-refractivity contribution in [3.05, 3.63) is 35.4 Å². The SMILES string of the molecule is CNC1(Cc2cc(F)cc(F)c2)CC1. The third-order valence-electron chi connectivity index (χ3n) is 2.85. The molecule has 0 bridgehead atoms. The molecule has 0 aliphatic heterocycles. The van der Waals surface area contributed by atoms with Crippen LogP contribution in [0.3, 0.4) is 0 Å². The van der Waals surface area contributed by atoms with Gasteiger partial charge in [0.25, 0.3) is 0 Å². The molecule has 1 fully saturated rings. The molecule has 0 heterocycles.